The number of benzene rings is 1. The van der Waals surface area contributed by atoms with Gasteiger partial charge in [-0.15, -0.1) is 6.42 Å². The fourth-order valence-electron chi connectivity index (χ4n) is 1.84. The van der Waals surface area contributed by atoms with Gasteiger partial charge in [0.1, 0.15) is 16.7 Å². The summed E-state index contributed by atoms with van der Waals surface area (Å²) in [7, 11) is 0. The van der Waals surface area contributed by atoms with Crippen LogP contribution >= 0.6 is 69.2 Å². The average molecular weight is 555 g/mol. The predicted octanol–water partition coefficient (Wildman–Crippen LogP) is 4.13. The summed E-state index contributed by atoms with van der Waals surface area (Å²) >= 11 is 11.0. The number of hydrogen-bond acceptors (Lipinski definition) is 4. The van der Waals surface area contributed by atoms with Crippen molar-refractivity contribution in [3.63, 3.8) is 0 Å². The summed E-state index contributed by atoms with van der Waals surface area (Å²) in [5.41, 5.74) is 0.943. The molecule has 1 saturated heterocycles. The van der Waals surface area contributed by atoms with E-state index in [0.717, 1.165) is 18.5 Å². The Balaban J connectivity index is 2.32. The molecule has 0 radical (unpaired) electrons. The summed E-state index contributed by atoms with van der Waals surface area (Å²) in [5.74, 6) is 3.20. The van der Waals surface area contributed by atoms with Crippen molar-refractivity contribution >= 4 is 85.5 Å². The van der Waals surface area contributed by atoms with E-state index in [0.29, 0.717) is 15.8 Å². The number of terminal acetylenes is 1. The van der Waals surface area contributed by atoms with Crippen molar-refractivity contribution in [3.8, 4) is 18.1 Å². The molecular weight excluding hydrogens is 544 g/mol. The van der Waals surface area contributed by atoms with Crippen LogP contribution in [0.2, 0.25) is 0 Å². The van der Waals surface area contributed by atoms with Crippen LogP contribution in [0.1, 0.15) is 12.5 Å². The molecule has 1 amide bonds. The van der Waals surface area contributed by atoms with Gasteiger partial charge in [0.25, 0.3) is 5.91 Å². The SMILES string of the molecule is C#CCOc1c(I)cc(/C=C2/SC(=S)N(CC)C2=O)cc1I. The summed E-state index contributed by atoms with van der Waals surface area (Å²) in [5, 5.41) is 0. The molecular formula is C15H11I2NO2S2. The van der Waals surface area contributed by atoms with Crippen LogP contribution in [-0.2, 0) is 4.79 Å². The van der Waals surface area contributed by atoms with Gasteiger partial charge in [-0.2, -0.15) is 0 Å². The standard InChI is InChI=1S/C15H11I2NO2S2/c1-3-5-20-13-10(16)6-9(7-11(13)17)8-12-14(19)18(4-2)15(21)22-12/h1,6-8H,4-5H2,2H3/b12-8+. The number of thioether (sulfide) groups is 1. The predicted molar refractivity (Wildman–Crippen MR) is 112 cm³/mol. The maximum absolute atomic E-state index is 12.2. The van der Waals surface area contributed by atoms with Gasteiger partial charge in [0.05, 0.1) is 12.0 Å². The Morgan fingerprint density at radius 3 is 2.59 bits per heavy atom. The van der Waals surface area contributed by atoms with Crippen LogP contribution in [0.3, 0.4) is 0 Å². The van der Waals surface area contributed by atoms with E-state index in [2.05, 4.69) is 51.1 Å². The first-order valence-corrected chi connectivity index (χ1v) is 9.66. The highest BCUT2D eigenvalue weighted by atomic mass is 127. The summed E-state index contributed by atoms with van der Waals surface area (Å²) in [6.07, 6.45) is 7.09. The number of rotatable bonds is 4. The van der Waals surface area contributed by atoms with E-state index in [4.69, 9.17) is 23.4 Å². The highest BCUT2D eigenvalue weighted by Crippen LogP contribution is 2.34. The van der Waals surface area contributed by atoms with E-state index in [9.17, 15) is 4.79 Å². The summed E-state index contributed by atoms with van der Waals surface area (Å²) < 4.78 is 8.06. The first-order valence-electron chi connectivity index (χ1n) is 6.28. The number of thiocarbonyl (C=S) groups is 1. The highest BCUT2D eigenvalue weighted by molar-refractivity contribution is 14.1. The maximum Gasteiger partial charge on any atom is 0.266 e. The van der Waals surface area contributed by atoms with Crippen LogP contribution in [0.4, 0.5) is 0 Å². The normalized spacial score (nSPS) is 16.3. The number of hydrogen-bond donors (Lipinski definition) is 0. The number of nitrogens with zero attached hydrogens (tertiary/aromatic N) is 1. The third kappa shape index (κ3) is 3.96. The summed E-state index contributed by atoms with van der Waals surface area (Å²) in [4.78, 5) is 14.5. The Hall–Kier alpha value is -0.310. The number of carbonyl (C=O) groups is 1. The lowest BCUT2D eigenvalue weighted by Crippen LogP contribution is -2.27. The van der Waals surface area contributed by atoms with E-state index in [1.807, 2.05) is 25.1 Å². The zero-order valence-electron chi connectivity index (χ0n) is 11.6. The van der Waals surface area contributed by atoms with Gasteiger partial charge < -0.3 is 4.74 Å². The lowest BCUT2D eigenvalue weighted by atomic mass is 10.2. The van der Waals surface area contributed by atoms with Crippen molar-refractivity contribution in [1.82, 2.24) is 4.90 Å². The Labute approximate surface area is 166 Å². The second kappa shape index (κ2) is 7.99. The van der Waals surface area contributed by atoms with E-state index >= 15 is 0 Å². The fourth-order valence-corrected chi connectivity index (χ4v) is 5.35. The molecule has 1 heterocycles. The Morgan fingerprint density at radius 1 is 1.45 bits per heavy atom. The van der Waals surface area contributed by atoms with Crippen molar-refractivity contribution in [2.24, 2.45) is 0 Å². The van der Waals surface area contributed by atoms with Crippen molar-refractivity contribution in [3.05, 3.63) is 29.7 Å². The van der Waals surface area contributed by atoms with Gasteiger partial charge in [0.15, 0.2) is 0 Å². The first-order chi connectivity index (χ1) is 10.5. The minimum atomic E-state index is -0.0322. The quantitative estimate of drug-likeness (QED) is 0.242. The lowest BCUT2D eigenvalue weighted by Gasteiger charge is -2.10. The molecule has 0 unspecified atom stereocenters. The topological polar surface area (TPSA) is 29.5 Å². The molecule has 2 rings (SSSR count). The monoisotopic (exact) mass is 555 g/mol. The number of likely N-dealkylation sites (N-methyl/N-ethyl adjacent to an activating group) is 1. The maximum atomic E-state index is 12.2. The molecule has 0 aromatic heterocycles. The van der Waals surface area contributed by atoms with Crippen molar-refractivity contribution in [2.45, 2.75) is 6.92 Å². The molecule has 22 heavy (non-hydrogen) atoms. The van der Waals surface area contributed by atoms with Crippen molar-refractivity contribution in [1.29, 1.82) is 0 Å². The van der Waals surface area contributed by atoms with Crippen molar-refractivity contribution in [2.75, 3.05) is 13.2 Å². The molecule has 0 bridgehead atoms. The fraction of sp³-hybridized carbons (Fsp3) is 0.200. The second-order valence-corrected chi connectivity index (χ2v) is 8.23. The van der Waals surface area contributed by atoms with Gasteiger partial charge in [-0.3, -0.25) is 9.69 Å². The molecule has 0 N–H and O–H groups in total. The minimum Gasteiger partial charge on any atom is -0.479 e. The van der Waals surface area contributed by atoms with E-state index in [1.165, 1.54) is 11.8 Å². The molecule has 1 aliphatic rings. The van der Waals surface area contributed by atoms with E-state index in [1.54, 1.807) is 4.90 Å². The molecule has 1 aromatic rings. The van der Waals surface area contributed by atoms with Gasteiger partial charge in [-0.05, 0) is 75.9 Å². The highest BCUT2D eigenvalue weighted by Gasteiger charge is 2.30. The van der Waals surface area contributed by atoms with Crippen LogP contribution < -0.4 is 4.74 Å². The third-order valence-corrected chi connectivity index (χ3v) is 5.79. The molecule has 0 spiro atoms. The average Bonchev–Trinajstić information content (AvgIpc) is 2.72. The number of amides is 1. The molecule has 114 valence electrons. The molecule has 0 atom stereocenters. The van der Waals surface area contributed by atoms with Gasteiger partial charge >= 0.3 is 0 Å². The zero-order chi connectivity index (χ0) is 16.3. The van der Waals surface area contributed by atoms with E-state index in [-0.39, 0.29) is 12.5 Å². The van der Waals surface area contributed by atoms with Gasteiger partial charge in [-0.25, -0.2) is 0 Å². The van der Waals surface area contributed by atoms with Gasteiger partial charge in [-0.1, -0.05) is 29.9 Å². The smallest absolute Gasteiger partial charge is 0.266 e. The molecule has 3 nitrogen and oxygen atoms in total. The Kier molecular flexibility index (Phi) is 6.55. The second-order valence-electron chi connectivity index (χ2n) is 4.23. The summed E-state index contributed by atoms with van der Waals surface area (Å²) in [6, 6.07) is 3.93. The molecule has 1 aliphatic heterocycles. The molecule has 1 aromatic carbocycles. The minimum absolute atomic E-state index is 0.0322. The van der Waals surface area contributed by atoms with Gasteiger partial charge in [0, 0.05) is 6.54 Å². The van der Waals surface area contributed by atoms with Crippen LogP contribution in [0.25, 0.3) is 6.08 Å². The number of halogens is 2. The van der Waals surface area contributed by atoms with Crippen LogP contribution in [0.5, 0.6) is 5.75 Å². The zero-order valence-corrected chi connectivity index (χ0v) is 17.5. The van der Waals surface area contributed by atoms with E-state index < -0.39 is 0 Å². The summed E-state index contributed by atoms with van der Waals surface area (Å²) in [6.45, 7) is 2.74. The van der Waals surface area contributed by atoms with Gasteiger partial charge in [0.2, 0.25) is 0 Å². The Bertz CT molecular complexity index is 687. The van der Waals surface area contributed by atoms with Crippen LogP contribution in [-0.4, -0.2) is 28.3 Å². The number of carbonyl (C=O) groups excluding carboxylic acids is 1. The van der Waals surface area contributed by atoms with Crippen LogP contribution in [0, 0.1) is 19.5 Å². The molecule has 1 fully saturated rings. The lowest BCUT2D eigenvalue weighted by molar-refractivity contribution is -0.121. The molecule has 0 aliphatic carbocycles. The largest absolute Gasteiger partial charge is 0.479 e. The third-order valence-electron chi connectivity index (χ3n) is 2.81. The molecule has 7 heteroatoms. The first kappa shape index (κ1) is 18.0. The molecule has 0 saturated carbocycles. The Morgan fingerprint density at radius 2 is 2.09 bits per heavy atom. The number of ether oxygens (including phenoxy) is 1. The van der Waals surface area contributed by atoms with Crippen LogP contribution in [0.15, 0.2) is 17.0 Å². The van der Waals surface area contributed by atoms with Crippen molar-refractivity contribution < 1.29 is 9.53 Å².